The van der Waals surface area contributed by atoms with Gasteiger partial charge in [-0.2, -0.15) is 11.8 Å². The number of nitrogen functional groups attached to an aromatic ring is 1. The summed E-state index contributed by atoms with van der Waals surface area (Å²) in [7, 11) is 0. The van der Waals surface area contributed by atoms with E-state index in [1.165, 1.54) is 0 Å². The van der Waals surface area contributed by atoms with E-state index in [1.807, 2.05) is 23.9 Å². The van der Waals surface area contributed by atoms with Gasteiger partial charge in [-0.3, -0.25) is 0 Å². The van der Waals surface area contributed by atoms with Crippen LogP contribution in [0.5, 0.6) is 0 Å². The third-order valence-corrected chi connectivity index (χ3v) is 3.04. The first-order valence-corrected chi connectivity index (χ1v) is 5.01. The zero-order chi connectivity index (χ0) is 8.55. The molecule has 4 heteroatoms. The predicted molar refractivity (Wildman–Crippen MR) is 51.7 cm³/mol. The van der Waals surface area contributed by atoms with Gasteiger partial charge in [0, 0.05) is 17.5 Å². The Morgan fingerprint density at radius 2 is 2.33 bits per heavy atom. The fourth-order valence-electron chi connectivity index (χ4n) is 1.35. The lowest BCUT2D eigenvalue weighted by molar-refractivity contribution is 0.797. The van der Waals surface area contributed by atoms with Crippen LogP contribution >= 0.6 is 11.8 Å². The van der Waals surface area contributed by atoms with Crippen LogP contribution in [0.3, 0.4) is 0 Å². The standard InChI is InChI=1S/C8H11N3S/c9-6-3-12-4-7-5(6)1-2-8(10)11-7/h1-2,6H,3-4,9H2,(H2,10,11). The molecule has 3 nitrogen and oxygen atoms in total. The molecule has 0 saturated heterocycles. The van der Waals surface area contributed by atoms with Crippen LogP contribution in [0.2, 0.25) is 0 Å². The minimum Gasteiger partial charge on any atom is -0.384 e. The van der Waals surface area contributed by atoms with Gasteiger partial charge in [-0.25, -0.2) is 4.98 Å². The number of hydrogen-bond donors (Lipinski definition) is 2. The lowest BCUT2D eigenvalue weighted by Crippen LogP contribution is -2.19. The maximum absolute atomic E-state index is 5.89. The molecule has 0 amide bonds. The molecule has 2 rings (SSSR count). The molecule has 0 saturated carbocycles. The van der Waals surface area contributed by atoms with Gasteiger partial charge >= 0.3 is 0 Å². The number of anilines is 1. The van der Waals surface area contributed by atoms with Crippen LogP contribution in [0.1, 0.15) is 17.3 Å². The van der Waals surface area contributed by atoms with Crippen molar-refractivity contribution in [1.82, 2.24) is 4.98 Å². The molecule has 0 radical (unpaired) electrons. The number of nitrogens with two attached hydrogens (primary N) is 2. The summed E-state index contributed by atoms with van der Waals surface area (Å²) in [5.74, 6) is 2.51. The van der Waals surface area contributed by atoms with Gasteiger partial charge < -0.3 is 11.5 Å². The summed E-state index contributed by atoms with van der Waals surface area (Å²) < 4.78 is 0. The van der Waals surface area contributed by atoms with E-state index in [1.54, 1.807) is 0 Å². The van der Waals surface area contributed by atoms with Crippen molar-refractivity contribution in [3.8, 4) is 0 Å². The average molecular weight is 181 g/mol. The number of rotatable bonds is 0. The Hall–Kier alpha value is -0.740. The quantitative estimate of drug-likeness (QED) is 0.624. The van der Waals surface area contributed by atoms with Gasteiger partial charge in [0.25, 0.3) is 0 Å². The second kappa shape index (κ2) is 2.95. The predicted octanol–water partition coefficient (Wildman–Crippen LogP) is 0.910. The smallest absolute Gasteiger partial charge is 0.123 e. The fraction of sp³-hybridized carbons (Fsp3) is 0.375. The molecule has 0 spiro atoms. The van der Waals surface area contributed by atoms with Crippen LogP contribution in [0.4, 0.5) is 5.82 Å². The minimum absolute atomic E-state index is 0.131. The van der Waals surface area contributed by atoms with Crippen LogP contribution in [0.15, 0.2) is 12.1 Å². The van der Waals surface area contributed by atoms with Crippen LogP contribution < -0.4 is 11.5 Å². The van der Waals surface area contributed by atoms with Gasteiger partial charge in [-0.15, -0.1) is 0 Å². The number of nitrogens with zero attached hydrogens (tertiary/aromatic N) is 1. The zero-order valence-electron chi connectivity index (χ0n) is 6.66. The van der Waals surface area contributed by atoms with Crippen molar-refractivity contribution in [2.45, 2.75) is 11.8 Å². The Labute approximate surface area is 75.5 Å². The Morgan fingerprint density at radius 3 is 3.17 bits per heavy atom. The number of fused-ring (bicyclic) bond motifs is 1. The Balaban J connectivity index is 2.46. The molecule has 4 N–H and O–H groups in total. The Morgan fingerprint density at radius 1 is 1.50 bits per heavy atom. The van der Waals surface area contributed by atoms with E-state index in [-0.39, 0.29) is 6.04 Å². The van der Waals surface area contributed by atoms with Gasteiger partial charge in [-0.05, 0) is 11.6 Å². The molecule has 1 atom stereocenters. The summed E-state index contributed by atoms with van der Waals surface area (Å²) in [4.78, 5) is 4.24. The van der Waals surface area contributed by atoms with Crippen molar-refractivity contribution in [3.63, 3.8) is 0 Å². The first-order chi connectivity index (χ1) is 5.77. The summed E-state index contributed by atoms with van der Waals surface area (Å²) in [6, 6.07) is 3.93. The molecule has 2 heterocycles. The molecular weight excluding hydrogens is 170 g/mol. The van der Waals surface area contributed by atoms with E-state index in [2.05, 4.69) is 4.98 Å². The molecule has 64 valence electrons. The highest BCUT2D eigenvalue weighted by atomic mass is 32.2. The largest absolute Gasteiger partial charge is 0.384 e. The van der Waals surface area contributed by atoms with Crippen molar-refractivity contribution >= 4 is 17.6 Å². The van der Waals surface area contributed by atoms with Crippen LogP contribution in [0, 0.1) is 0 Å². The van der Waals surface area contributed by atoms with Gasteiger partial charge in [0.2, 0.25) is 0 Å². The van der Waals surface area contributed by atoms with E-state index in [0.29, 0.717) is 5.82 Å². The Kier molecular flexibility index (Phi) is 1.94. The van der Waals surface area contributed by atoms with Gasteiger partial charge in [-0.1, -0.05) is 6.07 Å². The molecular formula is C8H11N3S. The average Bonchev–Trinajstić information content (AvgIpc) is 2.04. The highest BCUT2D eigenvalue weighted by molar-refractivity contribution is 7.98. The zero-order valence-corrected chi connectivity index (χ0v) is 7.47. The van der Waals surface area contributed by atoms with Crippen molar-refractivity contribution < 1.29 is 0 Å². The first-order valence-electron chi connectivity index (χ1n) is 3.86. The molecule has 0 aromatic carbocycles. The van der Waals surface area contributed by atoms with Crippen molar-refractivity contribution in [1.29, 1.82) is 0 Å². The summed E-state index contributed by atoms with van der Waals surface area (Å²) >= 11 is 1.81. The summed E-state index contributed by atoms with van der Waals surface area (Å²) in [6.07, 6.45) is 0. The van der Waals surface area contributed by atoms with E-state index >= 15 is 0 Å². The molecule has 1 aliphatic heterocycles. The molecule has 1 aromatic heterocycles. The lowest BCUT2D eigenvalue weighted by Gasteiger charge is -2.20. The second-order valence-corrected chi connectivity index (χ2v) is 3.92. The van der Waals surface area contributed by atoms with Crippen LogP contribution in [0.25, 0.3) is 0 Å². The molecule has 0 bridgehead atoms. The SMILES string of the molecule is Nc1ccc2c(n1)CSCC2N. The molecule has 12 heavy (non-hydrogen) atoms. The highest BCUT2D eigenvalue weighted by Crippen LogP contribution is 2.29. The minimum atomic E-state index is 0.131. The highest BCUT2D eigenvalue weighted by Gasteiger charge is 2.17. The van der Waals surface area contributed by atoms with Crippen molar-refractivity contribution in [2.24, 2.45) is 5.73 Å². The van der Waals surface area contributed by atoms with Crippen LogP contribution in [-0.2, 0) is 5.75 Å². The Bertz CT molecular complexity index is 300. The normalized spacial score (nSPS) is 21.9. The summed E-state index contributed by atoms with van der Waals surface area (Å²) in [5, 5.41) is 0. The molecule has 1 aromatic rings. The number of aromatic nitrogens is 1. The maximum Gasteiger partial charge on any atom is 0.123 e. The summed E-state index contributed by atoms with van der Waals surface area (Å²) in [5.41, 5.74) is 13.7. The molecule has 0 aliphatic carbocycles. The van der Waals surface area contributed by atoms with E-state index in [9.17, 15) is 0 Å². The third kappa shape index (κ3) is 1.28. The lowest BCUT2D eigenvalue weighted by atomic mass is 10.1. The molecule has 0 fully saturated rings. The molecule has 1 aliphatic rings. The van der Waals surface area contributed by atoms with Crippen LogP contribution in [-0.4, -0.2) is 10.7 Å². The van der Waals surface area contributed by atoms with Gasteiger partial charge in [0.1, 0.15) is 5.82 Å². The monoisotopic (exact) mass is 181 g/mol. The summed E-state index contributed by atoms with van der Waals surface area (Å²) in [6.45, 7) is 0. The van der Waals surface area contributed by atoms with Gasteiger partial charge in [0.15, 0.2) is 0 Å². The number of hydrogen-bond acceptors (Lipinski definition) is 4. The first kappa shape index (κ1) is 7.89. The van der Waals surface area contributed by atoms with E-state index in [0.717, 1.165) is 22.8 Å². The van der Waals surface area contributed by atoms with Gasteiger partial charge in [0.05, 0.1) is 5.69 Å². The number of thioether (sulfide) groups is 1. The fourth-order valence-corrected chi connectivity index (χ4v) is 2.33. The molecule has 1 unspecified atom stereocenters. The maximum atomic E-state index is 5.89. The van der Waals surface area contributed by atoms with E-state index in [4.69, 9.17) is 11.5 Å². The number of pyridine rings is 1. The van der Waals surface area contributed by atoms with Crippen molar-refractivity contribution in [3.05, 3.63) is 23.4 Å². The van der Waals surface area contributed by atoms with Crippen molar-refractivity contribution in [2.75, 3.05) is 11.5 Å². The van der Waals surface area contributed by atoms with E-state index < -0.39 is 0 Å². The topological polar surface area (TPSA) is 64.9 Å². The third-order valence-electron chi connectivity index (χ3n) is 1.97. The second-order valence-electron chi connectivity index (χ2n) is 2.89.